The number of anilines is 2. The summed E-state index contributed by atoms with van der Waals surface area (Å²) in [6.45, 7) is 11.9. The smallest absolute Gasteiger partial charge is 0.230 e. The van der Waals surface area contributed by atoms with Crippen molar-refractivity contribution < 1.29 is 14.4 Å². The fourth-order valence-corrected chi connectivity index (χ4v) is 4.17. The zero-order chi connectivity index (χ0) is 23.8. The van der Waals surface area contributed by atoms with E-state index in [1.807, 2.05) is 58.9 Å². The van der Waals surface area contributed by atoms with Crippen LogP contribution in [0, 0.1) is 10.8 Å². The van der Waals surface area contributed by atoms with Gasteiger partial charge in [-0.15, -0.1) is 11.6 Å². The molecule has 2 unspecified atom stereocenters. The molecule has 2 aliphatic rings. The van der Waals surface area contributed by atoms with Crippen LogP contribution in [0.5, 0.6) is 0 Å². The Balaban J connectivity index is 0.000000186. The minimum Gasteiger partial charge on any atom is -0.325 e. The third-order valence-corrected chi connectivity index (χ3v) is 7.46. The molecule has 2 N–H and O–H groups in total. The van der Waals surface area contributed by atoms with E-state index in [1.54, 1.807) is 12.1 Å². The molecule has 2 atom stereocenters. The fraction of sp³-hybridized carbons (Fsp3) is 0.423. The number of benzene rings is 2. The summed E-state index contributed by atoms with van der Waals surface area (Å²) >= 11 is 5.57. The third-order valence-electron chi connectivity index (χ3n) is 7.22. The summed E-state index contributed by atoms with van der Waals surface area (Å²) < 4.78 is 0. The maximum atomic E-state index is 12.0. The molecule has 0 saturated heterocycles. The normalized spacial score (nSPS) is 22.3. The minimum absolute atomic E-state index is 0.0129. The number of hydrogen-bond acceptors (Lipinski definition) is 3. The van der Waals surface area contributed by atoms with E-state index in [9.17, 15) is 14.4 Å². The lowest BCUT2D eigenvalue weighted by Gasteiger charge is -2.37. The van der Waals surface area contributed by atoms with E-state index in [4.69, 9.17) is 11.6 Å². The van der Waals surface area contributed by atoms with Gasteiger partial charge < -0.3 is 10.6 Å². The van der Waals surface area contributed by atoms with Gasteiger partial charge in [0.15, 0.2) is 5.78 Å². The van der Waals surface area contributed by atoms with Gasteiger partial charge in [0, 0.05) is 16.9 Å². The monoisotopic (exact) mass is 454 g/mol. The van der Waals surface area contributed by atoms with Crippen LogP contribution in [0.15, 0.2) is 42.5 Å². The average molecular weight is 455 g/mol. The molecule has 2 aromatic rings. The second-order valence-corrected chi connectivity index (χ2v) is 10.0. The molecule has 4 rings (SSSR count). The number of Topliss-reactive ketones (excluding diaryl/α,β-unsaturated/α-hetero) is 1. The number of carbonyl (C=O) groups excluding carboxylic acids is 3. The van der Waals surface area contributed by atoms with Crippen LogP contribution in [-0.4, -0.2) is 23.5 Å². The molecule has 0 aliphatic carbocycles. The van der Waals surface area contributed by atoms with E-state index in [0.717, 1.165) is 16.9 Å². The Labute approximate surface area is 194 Å². The molecular formula is C26H31ClN2O3. The first-order chi connectivity index (χ1) is 14.9. The predicted molar refractivity (Wildman–Crippen MR) is 130 cm³/mol. The van der Waals surface area contributed by atoms with Gasteiger partial charge in [-0.3, -0.25) is 14.4 Å². The van der Waals surface area contributed by atoms with Gasteiger partial charge in [-0.05, 0) is 47.2 Å². The Morgan fingerprint density at radius 3 is 1.91 bits per heavy atom. The molecule has 170 valence electrons. The molecule has 0 aromatic heterocycles. The predicted octanol–water partition coefficient (Wildman–Crippen LogP) is 5.96. The number of ketones is 1. The van der Waals surface area contributed by atoms with E-state index in [1.165, 1.54) is 5.56 Å². The molecule has 2 aromatic carbocycles. The SMILES string of the molecule is CC1c2cc(C(=O)CCl)ccc2NC(=O)C1(C)C.CC1c2ccccc2NC(=O)C1(C)C. The lowest BCUT2D eigenvalue weighted by molar-refractivity contribution is -0.126. The number of rotatable bonds is 2. The van der Waals surface area contributed by atoms with Crippen molar-refractivity contribution in [3.63, 3.8) is 0 Å². The molecule has 0 radical (unpaired) electrons. The van der Waals surface area contributed by atoms with Crippen molar-refractivity contribution >= 4 is 40.6 Å². The summed E-state index contributed by atoms with van der Waals surface area (Å²) in [5.74, 6) is 0.337. The molecule has 0 fully saturated rings. The van der Waals surface area contributed by atoms with E-state index in [2.05, 4.69) is 23.6 Å². The van der Waals surface area contributed by atoms with Crippen LogP contribution in [-0.2, 0) is 9.59 Å². The highest BCUT2D eigenvalue weighted by molar-refractivity contribution is 6.30. The maximum Gasteiger partial charge on any atom is 0.230 e. The first kappa shape index (κ1) is 24.0. The molecule has 2 amide bonds. The van der Waals surface area contributed by atoms with E-state index in [0.29, 0.717) is 5.56 Å². The summed E-state index contributed by atoms with van der Waals surface area (Å²) in [7, 11) is 0. The number of halogens is 1. The Kier molecular flexibility index (Phi) is 6.52. The third kappa shape index (κ3) is 4.18. The van der Waals surface area contributed by atoms with Crippen LogP contribution < -0.4 is 10.6 Å². The van der Waals surface area contributed by atoms with Gasteiger partial charge in [0.25, 0.3) is 0 Å². The van der Waals surface area contributed by atoms with E-state index < -0.39 is 5.41 Å². The molecule has 2 aliphatic heterocycles. The highest BCUT2D eigenvalue weighted by atomic mass is 35.5. The number of fused-ring (bicyclic) bond motifs is 2. The topological polar surface area (TPSA) is 75.3 Å². The van der Waals surface area contributed by atoms with Crippen LogP contribution in [0.25, 0.3) is 0 Å². The number of alkyl halides is 1. The van der Waals surface area contributed by atoms with Gasteiger partial charge in [0.2, 0.25) is 11.8 Å². The van der Waals surface area contributed by atoms with E-state index >= 15 is 0 Å². The number of carbonyl (C=O) groups is 3. The molecule has 6 heteroatoms. The van der Waals surface area contributed by atoms with Gasteiger partial charge in [-0.25, -0.2) is 0 Å². The van der Waals surface area contributed by atoms with Gasteiger partial charge in [-0.1, -0.05) is 59.7 Å². The largest absolute Gasteiger partial charge is 0.325 e. The Bertz CT molecular complexity index is 1070. The second-order valence-electron chi connectivity index (χ2n) is 9.74. The van der Waals surface area contributed by atoms with Gasteiger partial charge in [0.05, 0.1) is 16.7 Å². The summed E-state index contributed by atoms with van der Waals surface area (Å²) in [5.41, 5.74) is 3.79. The summed E-state index contributed by atoms with van der Waals surface area (Å²) in [4.78, 5) is 35.4. The highest BCUT2D eigenvalue weighted by Gasteiger charge is 2.40. The molecule has 5 nitrogen and oxygen atoms in total. The maximum absolute atomic E-state index is 12.0. The molecule has 32 heavy (non-hydrogen) atoms. The lowest BCUT2D eigenvalue weighted by Crippen LogP contribution is -2.39. The van der Waals surface area contributed by atoms with Gasteiger partial charge >= 0.3 is 0 Å². The lowest BCUT2D eigenvalue weighted by atomic mass is 9.72. The van der Waals surface area contributed by atoms with Gasteiger partial charge in [-0.2, -0.15) is 0 Å². The van der Waals surface area contributed by atoms with Crippen molar-refractivity contribution in [1.82, 2.24) is 0 Å². The van der Waals surface area contributed by atoms with Crippen LogP contribution >= 0.6 is 11.6 Å². The Hall–Kier alpha value is -2.66. The van der Waals surface area contributed by atoms with Crippen LogP contribution in [0.2, 0.25) is 0 Å². The van der Waals surface area contributed by atoms with Crippen LogP contribution in [0.1, 0.15) is 74.9 Å². The number of nitrogens with one attached hydrogen (secondary N) is 2. The van der Waals surface area contributed by atoms with Crippen molar-refractivity contribution in [2.75, 3.05) is 16.5 Å². The van der Waals surface area contributed by atoms with Crippen molar-refractivity contribution in [3.8, 4) is 0 Å². The number of hydrogen-bond donors (Lipinski definition) is 2. The summed E-state index contributed by atoms with van der Waals surface area (Å²) in [5, 5.41) is 5.82. The van der Waals surface area contributed by atoms with Crippen molar-refractivity contribution in [2.45, 2.75) is 53.4 Å². The molecule has 0 saturated carbocycles. The molecule has 0 bridgehead atoms. The number of para-hydroxylation sites is 1. The Morgan fingerprint density at radius 1 is 0.844 bits per heavy atom. The first-order valence-electron chi connectivity index (χ1n) is 10.9. The zero-order valence-electron chi connectivity index (χ0n) is 19.5. The standard InChI is InChI=1S/C14H16ClNO2.C12H15NO/c1-8-10-6-9(12(17)7-15)4-5-11(10)16-13(18)14(8,2)3;1-8-9-6-4-5-7-10(9)13-11(14)12(8,2)3/h4-6,8H,7H2,1-3H3,(H,16,18);4-8H,1-3H3,(H,13,14). The van der Waals surface area contributed by atoms with E-state index in [-0.39, 0.29) is 40.7 Å². The highest BCUT2D eigenvalue weighted by Crippen LogP contribution is 2.44. The quantitative estimate of drug-likeness (QED) is 0.434. The van der Waals surface area contributed by atoms with Crippen LogP contribution in [0.3, 0.4) is 0 Å². The second kappa shape index (κ2) is 8.70. The van der Waals surface area contributed by atoms with Gasteiger partial charge in [0.1, 0.15) is 0 Å². The molecule has 2 heterocycles. The van der Waals surface area contributed by atoms with Crippen LogP contribution in [0.4, 0.5) is 11.4 Å². The fourth-order valence-electron chi connectivity index (χ4n) is 4.01. The van der Waals surface area contributed by atoms with Crippen molar-refractivity contribution in [3.05, 3.63) is 59.2 Å². The minimum atomic E-state index is -0.477. The average Bonchev–Trinajstić information content (AvgIpc) is 2.76. The Morgan fingerprint density at radius 2 is 1.34 bits per heavy atom. The zero-order valence-corrected chi connectivity index (χ0v) is 20.3. The van der Waals surface area contributed by atoms with Crippen molar-refractivity contribution in [1.29, 1.82) is 0 Å². The molecular weight excluding hydrogens is 424 g/mol. The first-order valence-corrected chi connectivity index (χ1v) is 11.4. The summed E-state index contributed by atoms with van der Waals surface area (Å²) in [6, 6.07) is 13.3. The number of amides is 2. The summed E-state index contributed by atoms with van der Waals surface area (Å²) in [6.07, 6.45) is 0. The van der Waals surface area contributed by atoms with Crippen molar-refractivity contribution in [2.24, 2.45) is 10.8 Å². The molecule has 0 spiro atoms.